The fraction of sp³-hybridized carbons (Fsp3) is 0.115. The molecule has 17 heteroatoms. The smallest absolute Gasteiger partial charge is 0.216 e. The number of aromatic nitrogens is 8. The van der Waals surface area contributed by atoms with Crippen LogP contribution in [0.25, 0.3) is 133 Å². The molecule has 0 bridgehead atoms. The first-order chi connectivity index (χ1) is 61.8. The molecule has 0 spiro atoms. The van der Waals surface area contributed by atoms with E-state index in [0.717, 1.165) is 151 Å². The van der Waals surface area contributed by atoms with E-state index in [0.29, 0.717) is 11.6 Å². The monoisotopic (exact) mass is 2280 g/mol. The second-order valence-electron chi connectivity index (χ2n) is 33.3. The molecule has 651 valence electrons. The number of nitrogens with zero attached hydrogens (tertiary/aromatic N) is 8. The minimum absolute atomic E-state index is 0. The third-order valence-electron chi connectivity index (χ3n) is 22.9. The molecule has 3 radical (unpaired) electrons. The van der Waals surface area contributed by atoms with Crippen molar-refractivity contribution in [1.29, 1.82) is 0 Å². The predicted molar refractivity (Wildman–Crippen MR) is 531 cm³/mol. The van der Waals surface area contributed by atoms with Gasteiger partial charge in [-0.05, 0) is 125 Å². The van der Waals surface area contributed by atoms with E-state index in [9.17, 15) is 0 Å². The third kappa shape index (κ3) is 22.4. The molecule has 0 saturated heterocycles. The quantitative estimate of drug-likeness (QED) is 0.0758. The zero-order valence-corrected chi connectivity index (χ0v) is 84.4. The van der Waals surface area contributed by atoms with Gasteiger partial charge >= 0.3 is 0 Å². The second-order valence-corrected chi connectivity index (χ2v) is 46.5. The van der Waals surface area contributed by atoms with E-state index in [1.54, 1.807) is 18.6 Å². The summed E-state index contributed by atoms with van der Waals surface area (Å²) >= 11 is 0. The normalized spacial score (nSPS) is 11.1. The van der Waals surface area contributed by atoms with Crippen LogP contribution in [0.2, 0.25) is 39.3 Å². The van der Waals surface area contributed by atoms with Gasteiger partial charge < -0.3 is 43.2 Å². The van der Waals surface area contributed by atoms with Crippen molar-refractivity contribution in [3.8, 4) is 67.5 Å². The zero-order valence-electron chi connectivity index (χ0n) is 74.2. The number of benzene rings is 10. The Labute approximate surface area is 805 Å². The molecular weight excluding hydrogens is 2180 g/mol. The van der Waals surface area contributed by atoms with Crippen molar-refractivity contribution >= 4 is 121 Å². The third-order valence-corrected chi connectivity index (χ3v) is 33.5. The maximum atomic E-state index is 6.03. The van der Waals surface area contributed by atoms with Crippen molar-refractivity contribution < 1.29 is 73.6 Å². The number of hydrogen-bond acceptors (Lipinski definition) is 11. The first-order valence-electron chi connectivity index (χ1n) is 42.8. The Bertz CT molecular complexity index is 6940. The van der Waals surface area contributed by atoms with Crippen LogP contribution >= 0.6 is 0 Å². The molecule has 0 amide bonds. The van der Waals surface area contributed by atoms with Crippen molar-refractivity contribution in [2.75, 3.05) is 0 Å². The van der Waals surface area contributed by atoms with Gasteiger partial charge in [0.15, 0.2) is 0 Å². The van der Waals surface area contributed by atoms with Gasteiger partial charge in [0.05, 0.1) is 22.4 Å². The largest absolute Gasteiger partial charge is 0.500 e. The first kappa shape index (κ1) is 95.0. The molecule has 10 aromatic carbocycles. The summed E-state index contributed by atoms with van der Waals surface area (Å²) in [5.41, 5.74) is 21.0. The minimum atomic E-state index is -1.85. The van der Waals surface area contributed by atoms with Gasteiger partial charge in [0.25, 0.3) is 0 Å². The van der Waals surface area contributed by atoms with Crippen molar-refractivity contribution in [3.63, 3.8) is 0 Å². The van der Waals surface area contributed by atoms with E-state index >= 15 is 0 Å². The molecule has 0 aliphatic rings. The van der Waals surface area contributed by atoms with Crippen molar-refractivity contribution in [1.82, 2.24) is 39.9 Å². The number of rotatable bonds is 14. The van der Waals surface area contributed by atoms with Crippen LogP contribution in [-0.4, -0.2) is 64.1 Å². The van der Waals surface area contributed by atoms with E-state index in [2.05, 4.69) is 284 Å². The van der Waals surface area contributed by atoms with Crippen molar-refractivity contribution in [2.24, 2.45) is 5.92 Å². The van der Waals surface area contributed by atoms with Gasteiger partial charge in [-0.15, -0.1) is 179 Å². The van der Waals surface area contributed by atoms with E-state index in [1.807, 2.05) is 197 Å². The summed E-state index contributed by atoms with van der Waals surface area (Å²) < 4.78 is 17.9. The number of fused-ring (bicyclic) bond motifs is 9. The van der Waals surface area contributed by atoms with Crippen LogP contribution in [0.3, 0.4) is 0 Å². The van der Waals surface area contributed by atoms with Gasteiger partial charge in [-0.2, -0.15) is 0 Å². The standard InChI is InChI=1S/C29H28NOSi.C26H23N2OSi.C25H21N2OSi.3C11H8N.3Ir/c1-20(2)16-22-18-26(30-19-29(22)32(3,4)23-10-6-5-7-11-23)21-14-15-28-25(17-21)24-12-8-9-13-27(24)31-28;1-17-14-23-22-15-19(10-13-25(22)29-26(23)18(2)28-17)24-12-11-21(16-27-24)30(3,4)20-8-6-5-7-9-20;1-17-9-12-21-22-15-18(10-14-24(22)28-25(21)27-17)23-13-11-20(16-26-23)29(2,3)19-7-5-4-6-8-19;3*1-2-6-10(7-3-1)11-8-4-5-9-12-11;;;/h5-13,15,17-20H,16H2,1-4H3;5-9,11-16H,1-4H3;4-9,11-16H,1-3H3;3*1-6,8-9H;;;/q6*-1;;;. The van der Waals surface area contributed by atoms with Gasteiger partial charge in [0.1, 0.15) is 35.4 Å². The van der Waals surface area contributed by atoms with Crippen LogP contribution < -0.4 is 31.1 Å². The van der Waals surface area contributed by atoms with Crippen LogP contribution in [0, 0.1) is 63.1 Å². The number of aryl methyl sites for hydroxylation is 3. The van der Waals surface area contributed by atoms with Gasteiger partial charge in [0, 0.05) is 125 Å². The van der Waals surface area contributed by atoms with E-state index < -0.39 is 24.2 Å². The number of furan rings is 3. The Hall–Kier alpha value is -12.6. The zero-order chi connectivity index (χ0) is 87.9. The Balaban J connectivity index is 0.000000138. The molecule has 0 unspecified atom stereocenters. The molecule has 0 saturated carbocycles. The Kier molecular flexibility index (Phi) is 31.9. The Morgan fingerprint density at radius 2 is 0.700 bits per heavy atom. The SMILES string of the molecule is CC(C)Cc1cc(-c2[c-]cc3oc4ccccc4c3c2)ncc1[Si](C)(C)c1ccccc1.Cc1cc2c(oc3c[c-]c(-c4ccc([Si](C)(C)c5ccccc5)cn4)cc32)c(C)n1.Cc1ccc2c(n1)oc1c[c-]c(-c3ccc([Si](C)(C)c4ccccc4)cn3)cc12.[Ir].[Ir].[Ir].[c-]1ccccc1-c1ccccn1.[c-]1ccccc1-c1ccccn1.[c-]1ccccc1-c1ccccn1. The van der Waals surface area contributed by atoms with E-state index in [-0.39, 0.29) is 60.3 Å². The molecule has 21 aromatic rings. The van der Waals surface area contributed by atoms with Crippen LogP contribution in [-0.2, 0) is 66.7 Å². The maximum Gasteiger partial charge on any atom is 0.216 e. The first-order valence-corrected chi connectivity index (χ1v) is 51.8. The van der Waals surface area contributed by atoms with Gasteiger partial charge in [-0.3, -0.25) is 4.98 Å². The number of hydrogen-bond donors (Lipinski definition) is 0. The molecule has 0 N–H and O–H groups in total. The topological polar surface area (TPSA) is 143 Å². The van der Waals surface area contributed by atoms with Crippen LogP contribution in [0.4, 0.5) is 0 Å². The molecule has 21 rings (SSSR count). The Morgan fingerprint density at radius 3 is 1.15 bits per heavy atom. The molecule has 0 aliphatic carbocycles. The number of para-hydroxylation sites is 1. The maximum absolute atomic E-state index is 6.03. The van der Waals surface area contributed by atoms with Gasteiger partial charge in [-0.25, -0.2) is 4.98 Å². The molecule has 11 heterocycles. The van der Waals surface area contributed by atoms with Crippen molar-refractivity contribution in [3.05, 3.63) is 424 Å². The minimum Gasteiger partial charge on any atom is -0.500 e. The van der Waals surface area contributed by atoms with E-state index in [1.165, 1.54) is 36.7 Å². The second kappa shape index (κ2) is 43.7. The summed E-state index contributed by atoms with van der Waals surface area (Å²) in [6.07, 6.45) is 12.6. The van der Waals surface area contributed by atoms with Gasteiger partial charge in [0.2, 0.25) is 5.71 Å². The average molecular weight is 2270 g/mol. The summed E-state index contributed by atoms with van der Waals surface area (Å²) in [6.45, 7) is 24.9. The predicted octanol–water partition coefficient (Wildman–Crippen LogP) is 24.4. The number of pyridine rings is 8. The molecule has 11 nitrogen and oxygen atoms in total. The molecular formula is C113H96Ir3N8O3Si3-6. The molecule has 130 heavy (non-hydrogen) atoms. The molecule has 0 atom stereocenters. The summed E-state index contributed by atoms with van der Waals surface area (Å²) in [4.78, 5) is 36.2. The van der Waals surface area contributed by atoms with Gasteiger partial charge in [-0.1, -0.05) is 266 Å². The Morgan fingerprint density at radius 1 is 0.292 bits per heavy atom. The van der Waals surface area contributed by atoms with Crippen LogP contribution in [0.1, 0.15) is 36.5 Å². The summed E-state index contributed by atoms with van der Waals surface area (Å²) in [5, 5.41) is 14.8. The summed E-state index contributed by atoms with van der Waals surface area (Å²) in [7, 11) is -5.35. The summed E-state index contributed by atoms with van der Waals surface area (Å²) in [5.74, 6) is 0.578. The fourth-order valence-corrected chi connectivity index (χ4v) is 23.0. The van der Waals surface area contributed by atoms with Crippen LogP contribution in [0.15, 0.2) is 378 Å². The molecule has 11 aromatic heterocycles. The van der Waals surface area contributed by atoms with Crippen molar-refractivity contribution in [2.45, 2.75) is 80.3 Å². The van der Waals surface area contributed by atoms with Crippen LogP contribution in [0.5, 0.6) is 0 Å². The average Bonchev–Trinajstić information content (AvgIpc) is 1.45. The molecule has 0 aliphatic heterocycles. The molecule has 0 fully saturated rings. The van der Waals surface area contributed by atoms with E-state index in [4.69, 9.17) is 28.2 Å². The summed E-state index contributed by atoms with van der Waals surface area (Å²) in [6, 6.07) is 130. The fourth-order valence-electron chi connectivity index (χ4n) is 15.8.